The van der Waals surface area contributed by atoms with Gasteiger partial charge >= 0.3 is 0 Å². The van der Waals surface area contributed by atoms with Crippen LogP contribution in [-0.4, -0.2) is 30.6 Å². The van der Waals surface area contributed by atoms with Crippen LogP contribution in [0.5, 0.6) is 0 Å². The Labute approximate surface area is 97.6 Å². The second-order valence-electron chi connectivity index (χ2n) is 4.87. The molecule has 0 bridgehead atoms. The minimum Gasteiger partial charge on any atom is -0.469 e. The molecule has 2 atom stereocenters. The highest BCUT2D eigenvalue weighted by Crippen LogP contribution is 2.19. The van der Waals surface area contributed by atoms with Gasteiger partial charge in [0.2, 0.25) is 0 Å². The van der Waals surface area contributed by atoms with Crippen molar-refractivity contribution in [2.24, 2.45) is 11.7 Å². The molecule has 2 N–H and O–H groups in total. The molecule has 1 aromatic rings. The quantitative estimate of drug-likeness (QED) is 0.846. The van der Waals surface area contributed by atoms with Crippen molar-refractivity contribution in [3.05, 3.63) is 24.2 Å². The molecule has 2 unspecified atom stereocenters. The summed E-state index contributed by atoms with van der Waals surface area (Å²) in [5, 5.41) is 0. The van der Waals surface area contributed by atoms with Gasteiger partial charge in [0, 0.05) is 19.0 Å². The molecule has 16 heavy (non-hydrogen) atoms. The lowest BCUT2D eigenvalue weighted by Crippen LogP contribution is -2.44. The normalized spacial score (nSPS) is 24.5. The summed E-state index contributed by atoms with van der Waals surface area (Å²) in [6.45, 7) is 5.46. The van der Waals surface area contributed by atoms with Crippen LogP contribution in [0.1, 0.15) is 25.5 Å². The summed E-state index contributed by atoms with van der Waals surface area (Å²) in [5.41, 5.74) is 5.76. The van der Waals surface area contributed by atoms with Crippen molar-refractivity contribution in [3.63, 3.8) is 0 Å². The Kier molecular flexibility index (Phi) is 4.02. The molecular weight excluding hydrogens is 200 g/mol. The van der Waals surface area contributed by atoms with Crippen LogP contribution in [0.2, 0.25) is 0 Å². The van der Waals surface area contributed by atoms with E-state index in [2.05, 4.69) is 17.9 Å². The zero-order valence-electron chi connectivity index (χ0n) is 10.1. The average molecular weight is 222 g/mol. The van der Waals surface area contributed by atoms with Crippen LogP contribution >= 0.6 is 0 Å². The summed E-state index contributed by atoms with van der Waals surface area (Å²) in [6.07, 6.45) is 5.33. The highest BCUT2D eigenvalue weighted by Gasteiger charge is 2.23. The average Bonchev–Trinajstić information content (AvgIpc) is 2.82. The van der Waals surface area contributed by atoms with Crippen LogP contribution in [0, 0.1) is 5.92 Å². The summed E-state index contributed by atoms with van der Waals surface area (Å²) >= 11 is 0. The number of hydrogen-bond acceptors (Lipinski definition) is 3. The van der Waals surface area contributed by atoms with E-state index in [0.717, 1.165) is 25.3 Å². The predicted octanol–water partition coefficient (Wildman–Crippen LogP) is 1.88. The second-order valence-corrected chi connectivity index (χ2v) is 4.87. The van der Waals surface area contributed by atoms with E-state index in [9.17, 15) is 0 Å². The molecule has 1 aliphatic rings. The molecule has 0 radical (unpaired) electrons. The van der Waals surface area contributed by atoms with Crippen LogP contribution < -0.4 is 5.73 Å². The zero-order chi connectivity index (χ0) is 11.4. The number of furan rings is 1. The highest BCUT2D eigenvalue weighted by molar-refractivity contribution is 5.00. The van der Waals surface area contributed by atoms with E-state index in [-0.39, 0.29) is 0 Å². The monoisotopic (exact) mass is 222 g/mol. The van der Waals surface area contributed by atoms with Crippen LogP contribution in [0.3, 0.4) is 0 Å². The molecule has 0 aromatic carbocycles. The molecule has 1 saturated heterocycles. The Morgan fingerprint density at radius 1 is 1.62 bits per heavy atom. The zero-order valence-corrected chi connectivity index (χ0v) is 10.1. The number of nitrogens with two attached hydrogens (primary N) is 1. The number of likely N-dealkylation sites (tertiary alicyclic amines) is 1. The third-order valence-corrected chi connectivity index (χ3v) is 3.58. The van der Waals surface area contributed by atoms with Crippen LogP contribution in [0.15, 0.2) is 22.8 Å². The second kappa shape index (κ2) is 5.51. The maximum absolute atomic E-state index is 5.76. The molecule has 90 valence electrons. The standard InChI is InChI=1S/C13H22N2O/c1-11(8-13-5-3-7-16-13)15-6-2-4-12(9-14)10-15/h3,5,7,11-12H,2,4,6,8-10,14H2,1H3. The molecule has 0 aliphatic carbocycles. The first-order valence-corrected chi connectivity index (χ1v) is 6.26. The summed E-state index contributed by atoms with van der Waals surface area (Å²) in [6, 6.07) is 4.57. The van der Waals surface area contributed by atoms with E-state index in [0.29, 0.717) is 12.0 Å². The van der Waals surface area contributed by atoms with Crippen LogP contribution in [-0.2, 0) is 6.42 Å². The number of hydrogen-bond donors (Lipinski definition) is 1. The van der Waals surface area contributed by atoms with E-state index in [4.69, 9.17) is 10.2 Å². The molecular formula is C13H22N2O. The summed E-state index contributed by atoms with van der Waals surface area (Å²) in [7, 11) is 0. The van der Waals surface area contributed by atoms with Crippen molar-refractivity contribution in [1.82, 2.24) is 4.90 Å². The third kappa shape index (κ3) is 2.86. The maximum atomic E-state index is 5.76. The molecule has 2 heterocycles. The number of piperidine rings is 1. The Morgan fingerprint density at radius 2 is 2.50 bits per heavy atom. The largest absolute Gasteiger partial charge is 0.469 e. The fourth-order valence-electron chi connectivity index (χ4n) is 2.54. The predicted molar refractivity (Wildman–Crippen MR) is 65.2 cm³/mol. The van der Waals surface area contributed by atoms with Crippen molar-refractivity contribution in [2.75, 3.05) is 19.6 Å². The van der Waals surface area contributed by atoms with E-state index in [1.807, 2.05) is 6.07 Å². The lowest BCUT2D eigenvalue weighted by atomic mass is 9.96. The summed E-state index contributed by atoms with van der Waals surface area (Å²) < 4.78 is 5.40. The van der Waals surface area contributed by atoms with Gasteiger partial charge < -0.3 is 10.2 Å². The fourth-order valence-corrected chi connectivity index (χ4v) is 2.54. The van der Waals surface area contributed by atoms with Gasteiger partial charge in [0.15, 0.2) is 0 Å². The minimum atomic E-state index is 0.556. The first-order valence-electron chi connectivity index (χ1n) is 6.26. The van der Waals surface area contributed by atoms with Gasteiger partial charge in [-0.05, 0) is 50.9 Å². The van der Waals surface area contributed by atoms with Crippen LogP contribution in [0.25, 0.3) is 0 Å². The van der Waals surface area contributed by atoms with Crippen molar-refractivity contribution >= 4 is 0 Å². The highest BCUT2D eigenvalue weighted by atomic mass is 16.3. The van der Waals surface area contributed by atoms with Gasteiger partial charge in [-0.3, -0.25) is 4.90 Å². The Morgan fingerprint density at radius 3 is 3.19 bits per heavy atom. The van der Waals surface area contributed by atoms with E-state index < -0.39 is 0 Å². The molecule has 3 nitrogen and oxygen atoms in total. The number of nitrogens with zero attached hydrogens (tertiary/aromatic N) is 1. The lowest BCUT2D eigenvalue weighted by Gasteiger charge is -2.36. The molecule has 0 spiro atoms. The van der Waals surface area contributed by atoms with Crippen molar-refractivity contribution in [2.45, 2.75) is 32.2 Å². The molecule has 1 aromatic heterocycles. The van der Waals surface area contributed by atoms with Crippen molar-refractivity contribution in [3.8, 4) is 0 Å². The topological polar surface area (TPSA) is 42.4 Å². The van der Waals surface area contributed by atoms with E-state index >= 15 is 0 Å². The van der Waals surface area contributed by atoms with Gasteiger partial charge in [0.05, 0.1) is 6.26 Å². The molecule has 0 amide bonds. The lowest BCUT2D eigenvalue weighted by molar-refractivity contribution is 0.130. The molecule has 3 heteroatoms. The third-order valence-electron chi connectivity index (χ3n) is 3.58. The first-order chi connectivity index (χ1) is 7.79. The van der Waals surface area contributed by atoms with Gasteiger partial charge in [0.1, 0.15) is 5.76 Å². The maximum Gasteiger partial charge on any atom is 0.105 e. The summed E-state index contributed by atoms with van der Waals surface area (Å²) in [5.74, 6) is 1.77. The Balaban J connectivity index is 1.86. The molecule has 1 fully saturated rings. The number of rotatable bonds is 4. The summed E-state index contributed by atoms with van der Waals surface area (Å²) in [4.78, 5) is 2.55. The molecule has 0 saturated carbocycles. The van der Waals surface area contributed by atoms with Gasteiger partial charge in [-0.1, -0.05) is 0 Å². The Hall–Kier alpha value is -0.800. The molecule has 2 rings (SSSR count). The SMILES string of the molecule is CC(Cc1ccco1)N1CCCC(CN)C1. The molecule has 1 aliphatic heterocycles. The van der Waals surface area contributed by atoms with Gasteiger partial charge in [-0.15, -0.1) is 0 Å². The van der Waals surface area contributed by atoms with E-state index in [1.165, 1.54) is 19.4 Å². The first kappa shape index (κ1) is 11.7. The minimum absolute atomic E-state index is 0.556. The van der Waals surface area contributed by atoms with Gasteiger partial charge in [-0.25, -0.2) is 0 Å². The van der Waals surface area contributed by atoms with E-state index in [1.54, 1.807) is 6.26 Å². The van der Waals surface area contributed by atoms with Crippen molar-refractivity contribution in [1.29, 1.82) is 0 Å². The van der Waals surface area contributed by atoms with Gasteiger partial charge in [-0.2, -0.15) is 0 Å². The van der Waals surface area contributed by atoms with Gasteiger partial charge in [0.25, 0.3) is 0 Å². The van der Waals surface area contributed by atoms with Crippen LogP contribution in [0.4, 0.5) is 0 Å². The van der Waals surface area contributed by atoms with Crippen molar-refractivity contribution < 1.29 is 4.42 Å². The Bertz CT molecular complexity index is 297. The smallest absolute Gasteiger partial charge is 0.105 e. The fraction of sp³-hybridized carbons (Fsp3) is 0.692.